The van der Waals surface area contributed by atoms with Crippen LogP contribution in [0.1, 0.15) is 0 Å². The highest BCUT2D eigenvalue weighted by molar-refractivity contribution is 7.89. The van der Waals surface area contributed by atoms with Crippen LogP contribution in [0.3, 0.4) is 0 Å². The van der Waals surface area contributed by atoms with Crippen LogP contribution >= 0.6 is 0 Å². The molecule has 0 saturated carbocycles. The van der Waals surface area contributed by atoms with Crippen LogP contribution in [0.15, 0.2) is 23.1 Å². The maximum absolute atomic E-state index is 13.1. The van der Waals surface area contributed by atoms with E-state index in [0.717, 1.165) is 18.2 Å². The van der Waals surface area contributed by atoms with Crippen LogP contribution in [0, 0.1) is 5.82 Å². The second kappa shape index (κ2) is 5.31. The van der Waals surface area contributed by atoms with Crippen molar-refractivity contribution in [3.05, 3.63) is 24.0 Å². The average Bonchev–Trinajstić information content (AvgIpc) is 2.28. The molecule has 1 aromatic rings. The van der Waals surface area contributed by atoms with Crippen molar-refractivity contribution in [3.63, 3.8) is 0 Å². The molecule has 5 nitrogen and oxygen atoms in total. The molecule has 108 valence electrons. The molecule has 0 radical (unpaired) electrons. The second-order valence-electron chi connectivity index (χ2n) is 3.56. The van der Waals surface area contributed by atoms with Gasteiger partial charge in [0.1, 0.15) is 10.7 Å². The maximum atomic E-state index is 13.1. The second-order valence-corrected chi connectivity index (χ2v) is 5.30. The zero-order valence-corrected chi connectivity index (χ0v) is 10.1. The monoisotopic (exact) mass is 302 g/mol. The minimum atomic E-state index is -4.96. The molecular weight excluding hydrogens is 292 g/mol. The molecule has 1 rings (SSSR count). The average molecular weight is 302 g/mol. The molecule has 0 amide bonds. The lowest BCUT2D eigenvalue weighted by Crippen LogP contribution is -2.40. The van der Waals surface area contributed by atoms with E-state index >= 15 is 0 Å². The van der Waals surface area contributed by atoms with Crippen LogP contribution in [0.2, 0.25) is 0 Å². The molecule has 0 saturated heterocycles. The van der Waals surface area contributed by atoms with Crippen molar-refractivity contribution in [2.24, 2.45) is 0 Å². The number of aliphatic hydroxyl groups is 1. The number of nitrogens with one attached hydrogen (secondary N) is 1. The molecule has 0 spiro atoms. The van der Waals surface area contributed by atoms with Gasteiger partial charge in [-0.25, -0.2) is 17.5 Å². The van der Waals surface area contributed by atoms with Gasteiger partial charge in [-0.2, -0.15) is 13.2 Å². The molecule has 10 heteroatoms. The molecule has 0 aromatic heterocycles. The number of halogens is 4. The highest BCUT2D eigenvalue weighted by Crippen LogP contribution is 2.22. The SMILES string of the molecule is Nc1c(F)cccc1S(=O)(=O)NCC(O)C(F)(F)F. The van der Waals surface area contributed by atoms with Gasteiger partial charge in [0.2, 0.25) is 10.0 Å². The first kappa shape index (κ1) is 15.7. The Kier molecular flexibility index (Phi) is 4.38. The van der Waals surface area contributed by atoms with Crippen LogP contribution in [0.25, 0.3) is 0 Å². The standard InChI is InChI=1S/C9H10F4N2O3S/c10-5-2-1-3-6(8(5)14)19(17,18)15-4-7(16)9(11,12)13/h1-3,7,15-16H,4,14H2. The van der Waals surface area contributed by atoms with Crippen LogP contribution < -0.4 is 10.5 Å². The summed E-state index contributed by atoms with van der Waals surface area (Å²) < 4.78 is 73.8. The Labute approximate surface area is 106 Å². The Balaban J connectivity index is 2.91. The predicted molar refractivity (Wildman–Crippen MR) is 58.1 cm³/mol. The fourth-order valence-electron chi connectivity index (χ4n) is 1.13. The molecule has 0 aliphatic heterocycles. The summed E-state index contributed by atoms with van der Waals surface area (Å²) in [6.45, 7) is -1.29. The number of hydrogen-bond acceptors (Lipinski definition) is 4. The first-order valence-corrected chi connectivity index (χ1v) is 6.32. The summed E-state index contributed by atoms with van der Waals surface area (Å²) >= 11 is 0. The quantitative estimate of drug-likeness (QED) is 0.561. The van der Waals surface area contributed by atoms with E-state index in [1.165, 1.54) is 4.72 Å². The van der Waals surface area contributed by atoms with E-state index < -0.39 is 45.2 Å². The molecule has 0 heterocycles. The first-order valence-electron chi connectivity index (χ1n) is 4.84. The van der Waals surface area contributed by atoms with Crippen LogP contribution in [-0.2, 0) is 10.0 Å². The van der Waals surface area contributed by atoms with Gasteiger partial charge in [-0.15, -0.1) is 0 Å². The van der Waals surface area contributed by atoms with Gasteiger partial charge < -0.3 is 10.8 Å². The zero-order chi connectivity index (χ0) is 14.8. The molecule has 1 aromatic carbocycles. The zero-order valence-electron chi connectivity index (χ0n) is 9.28. The lowest BCUT2D eigenvalue weighted by molar-refractivity contribution is -0.200. The van der Waals surface area contributed by atoms with Crippen molar-refractivity contribution in [1.82, 2.24) is 4.72 Å². The summed E-state index contributed by atoms with van der Waals surface area (Å²) in [5.74, 6) is -1.01. The van der Waals surface area contributed by atoms with Gasteiger partial charge in [-0.1, -0.05) is 6.07 Å². The van der Waals surface area contributed by atoms with Crippen molar-refractivity contribution in [2.45, 2.75) is 17.2 Å². The van der Waals surface area contributed by atoms with Crippen molar-refractivity contribution in [2.75, 3.05) is 12.3 Å². The van der Waals surface area contributed by atoms with E-state index in [9.17, 15) is 26.0 Å². The molecule has 1 unspecified atom stereocenters. The Bertz CT molecular complexity index is 559. The van der Waals surface area contributed by atoms with Gasteiger partial charge in [0.25, 0.3) is 0 Å². The maximum Gasteiger partial charge on any atom is 0.415 e. The highest BCUT2D eigenvalue weighted by atomic mass is 32.2. The number of nitrogens with two attached hydrogens (primary N) is 1. The van der Waals surface area contributed by atoms with E-state index in [0.29, 0.717) is 0 Å². The van der Waals surface area contributed by atoms with Crippen molar-refractivity contribution in [3.8, 4) is 0 Å². The topological polar surface area (TPSA) is 92.4 Å². The third kappa shape index (κ3) is 3.78. The summed E-state index contributed by atoms with van der Waals surface area (Å²) in [5.41, 5.74) is 4.47. The normalized spacial score (nSPS) is 14.4. The number of sulfonamides is 1. The fourth-order valence-corrected chi connectivity index (χ4v) is 2.31. The minimum Gasteiger partial charge on any atom is -0.395 e. The van der Waals surface area contributed by atoms with Crippen molar-refractivity contribution < 1.29 is 31.1 Å². The van der Waals surface area contributed by atoms with Crippen molar-refractivity contribution >= 4 is 15.7 Å². The van der Waals surface area contributed by atoms with Gasteiger partial charge in [-0.05, 0) is 12.1 Å². The van der Waals surface area contributed by atoms with E-state index in [1.54, 1.807) is 0 Å². The Morgan fingerprint density at radius 2 is 1.95 bits per heavy atom. The Morgan fingerprint density at radius 3 is 2.47 bits per heavy atom. The third-order valence-corrected chi connectivity index (χ3v) is 3.63. The van der Waals surface area contributed by atoms with Gasteiger partial charge in [0, 0.05) is 6.54 Å². The fraction of sp³-hybridized carbons (Fsp3) is 0.333. The Morgan fingerprint density at radius 1 is 1.37 bits per heavy atom. The molecule has 0 fully saturated rings. The summed E-state index contributed by atoms with van der Waals surface area (Å²) in [5, 5.41) is 8.66. The number of aliphatic hydroxyl groups excluding tert-OH is 1. The van der Waals surface area contributed by atoms with E-state index in [-0.39, 0.29) is 0 Å². The van der Waals surface area contributed by atoms with Gasteiger partial charge >= 0.3 is 6.18 Å². The van der Waals surface area contributed by atoms with Gasteiger partial charge in [0.15, 0.2) is 6.10 Å². The highest BCUT2D eigenvalue weighted by Gasteiger charge is 2.38. The number of benzene rings is 1. The molecular formula is C9H10F4N2O3S. The van der Waals surface area contributed by atoms with E-state index in [1.807, 2.05) is 0 Å². The molecule has 0 bridgehead atoms. The van der Waals surface area contributed by atoms with Crippen LogP contribution in [-0.4, -0.2) is 32.3 Å². The number of anilines is 1. The number of rotatable bonds is 4. The largest absolute Gasteiger partial charge is 0.415 e. The van der Waals surface area contributed by atoms with Crippen molar-refractivity contribution in [1.29, 1.82) is 0 Å². The number of hydrogen-bond donors (Lipinski definition) is 3. The molecule has 0 aliphatic carbocycles. The number of para-hydroxylation sites is 1. The summed E-state index contributed by atoms with van der Waals surface area (Å²) in [6, 6.07) is 2.88. The first-order chi connectivity index (χ1) is 8.55. The lowest BCUT2D eigenvalue weighted by atomic mass is 10.3. The molecule has 19 heavy (non-hydrogen) atoms. The molecule has 0 aliphatic rings. The smallest absolute Gasteiger partial charge is 0.395 e. The summed E-state index contributed by atoms with van der Waals surface area (Å²) in [6.07, 6.45) is -7.83. The minimum absolute atomic E-state index is 0.693. The predicted octanol–water partition coefficient (Wildman–Crippen LogP) is 0.609. The summed E-state index contributed by atoms with van der Waals surface area (Å²) in [7, 11) is -4.44. The Hall–Kier alpha value is -1.39. The molecule has 4 N–H and O–H groups in total. The van der Waals surface area contributed by atoms with Gasteiger partial charge in [0.05, 0.1) is 5.69 Å². The van der Waals surface area contributed by atoms with E-state index in [2.05, 4.69) is 0 Å². The van der Waals surface area contributed by atoms with Gasteiger partial charge in [-0.3, -0.25) is 0 Å². The number of alkyl halides is 3. The number of nitrogen functional groups attached to an aromatic ring is 1. The van der Waals surface area contributed by atoms with Crippen LogP contribution in [0.4, 0.5) is 23.2 Å². The third-order valence-electron chi connectivity index (χ3n) is 2.15. The van der Waals surface area contributed by atoms with E-state index in [4.69, 9.17) is 10.8 Å². The van der Waals surface area contributed by atoms with Crippen LogP contribution in [0.5, 0.6) is 0 Å². The molecule has 1 atom stereocenters. The summed E-state index contributed by atoms with van der Waals surface area (Å²) in [4.78, 5) is -0.693. The lowest BCUT2D eigenvalue weighted by Gasteiger charge is -2.15.